The van der Waals surface area contributed by atoms with Crippen LogP contribution in [0.4, 0.5) is 8.78 Å². The van der Waals surface area contributed by atoms with Gasteiger partial charge in [0.15, 0.2) is 11.6 Å². The van der Waals surface area contributed by atoms with Crippen LogP contribution in [0, 0.1) is 11.6 Å². The Bertz CT molecular complexity index is 379. The largest absolute Gasteiger partial charge is 0.204 e. The van der Waals surface area contributed by atoms with Crippen molar-refractivity contribution in [2.45, 2.75) is 26.2 Å². The van der Waals surface area contributed by atoms with Crippen LogP contribution in [0.2, 0.25) is 0 Å². The number of hydrogen-bond donors (Lipinski definition) is 0. The molecule has 5 heteroatoms. The Morgan fingerprint density at radius 1 is 0.800 bits per heavy atom. The third kappa shape index (κ3) is 1.97. The summed E-state index contributed by atoms with van der Waals surface area (Å²) in [5.41, 5.74) is 2.24. The van der Waals surface area contributed by atoms with E-state index in [1.165, 1.54) is 0 Å². The van der Waals surface area contributed by atoms with Crippen molar-refractivity contribution >= 4 is 39.9 Å². The fourth-order valence-corrected chi connectivity index (χ4v) is 1.96. The maximum Gasteiger partial charge on any atom is 0.161 e. The number of benzene rings is 1. The molecule has 0 spiro atoms. The van der Waals surface area contributed by atoms with Crippen molar-refractivity contribution in [3.8, 4) is 0 Å². The molecule has 0 aliphatic rings. The van der Waals surface area contributed by atoms with Gasteiger partial charge in [0, 0.05) is 0 Å². The van der Waals surface area contributed by atoms with Crippen molar-refractivity contribution < 1.29 is 8.78 Å². The summed E-state index contributed by atoms with van der Waals surface area (Å²) >= 11 is 0. The molecular weight excluding hydrogens is 191 g/mol. The first kappa shape index (κ1) is 12.3. The molecule has 0 unspecified atom stereocenters. The fourth-order valence-electron chi connectivity index (χ4n) is 1.96. The van der Waals surface area contributed by atoms with E-state index in [2.05, 4.69) is 0 Å². The van der Waals surface area contributed by atoms with Crippen LogP contribution in [0.5, 0.6) is 0 Å². The van der Waals surface area contributed by atoms with E-state index in [0.717, 1.165) is 10.9 Å². The zero-order valence-electron chi connectivity index (χ0n) is 10.3. The van der Waals surface area contributed by atoms with Gasteiger partial charge in [-0.2, -0.15) is 0 Å². The number of hydrogen-bond acceptors (Lipinski definition) is 0. The van der Waals surface area contributed by atoms with E-state index < -0.39 is 11.6 Å². The standard InChI is InChI=1S/C10H15B3F2/c1-10(2,3)4-5(11)6(12)7(13)9(15)8(4)14/h11-13H2,1-3H3. The minimum atomic E-state index is -0.706. The van der Waals surface area contributed by atoms with Crippen LogP contribution < -0.4 is 16.4 Å². The summed E-state index contributed by atoms with van der Waals surface area (Å²) in [6.45, 7) is 5.69. The number of rotatable bonds is 0. The molecule has 0 atom stereocenters. The maximum atomic E-state index is 13.8. The lowest BCUT2D eigenvalue weighted by atomic mass is 9.66. The average Bonchev–Trinajstić information content (AvgIpc) is 2.09. The van der Waals surface area contributed by atoms with Gasteiger partial charge in [-0.1, -0.05) is 37.2 Å². The summed E-state index contributed by atoms with van der Waals surface area (Å²) in [7, 11) is 5.31. The SMILES string of the molecule is Bc1c(B)c(F)c(F)c(C(C)(C)C)c1B. The summed E-state index contributed by atoms with van der Waals surface area (Å²) in [5.74, 6) is -1.40. The van der Waals surface area contributed by atoms with Gasteiger partial charge in [-0.15, -0.1) is 0 Å². The highest BCUT2D eigenvalue weighted by Crippen LogP contribution is 2.23. The molecule has 0 radical (unpaired) electrons. The highest BCUT2D eigenvalue weighted by molar-refractivity contribution is 6.57. The summed E-state index contributed by atoms with van der Waals surface area (Å²) in [6, 6.07) is 0. The Kier molecular flexibility index (Phi) is 3.04. The van der Waals surface area contributed by atoms with Gasteiger partial charge in [0.1, 0.15) is 23.5 Å². The Labute approximate surface area is 92.7 Å². The van der Waals surface area contributed by atoms with E-state index in [-0.39, 0.29) is 5.41 Å². The molecule has 78 valence electrons. The zero-order valence-corrected chi connectivity index (χ0v) is 10.3. The van der Waals surface area contributed by atoms with Crippen LogP contribution in [0.25, 0.3) is 0 Å². The molecule has 0 saturated carbocycles. The first-order chi connectivity index (χ1) is 6.68. The van der Waals surface area contributed by atoms with E-state index in [1.54, 1.807) is 7.85 Å². The predicted molar refractivity (Wildman–Crippen MR) is 69.6 cm³/mol. The maximum absolute atomic E-state index is 13.8. The molecule has 1 rings (SSSR count). The van der Waals surface area contributed by atoms with Crippen LogP contribution in [-0.4, -0.2) is 23.5 Å². The van der Waals surface area contributed by atoms with Gasteiger partial charge in [0.2, 0.25) is 0 Å². The second-order valence-corrected chi connectivity index (χ2v) is 5.13. The number of halogens is 2. The Morgan fingerprint density at radius 2 is 1.27 bits per heavy atom. The highest BCUT2D eigenvalue weighted by atomic mass is 19.2. The fraction of sp³-hybridized carbons (Fsp3) is 0.400. The molecule has 0 saturated heterocycles. The molecule has 0 aliphatic carbocycles. The predicted octanol–water partition coefficient (Wildman–Crippen LogP) is -1.96. The molecule has 0 nitrogen and oxygen atoms in total. The van der Waals surface area contributed by atoms with Crippen molar-refractivity contribution in [1.29, 1.82) is 0 Å². The van der Waals surface area contributed by atoms with Gasteiger partial charge in [0.05, 0.1) is 0 Å². The van der Waals surface area contributed by atoms with Crippen LogP contribution in [0.15, 0.2) is 0 Å². The summed E-state index contributed by atoms with van der Waals surface area (Å²) in [4.78, 5) is 0. The summed E-state index contributed by atoms with van der Waals surface area (Å²) in [5, 5.41) is 0. The van der Waals surface area contributed by atoms with Crippen LogP contribution in [0.3, 0.4) is 0 Å². The molecule has 1 aromatic carbocycles. The highest BCUT2D eigenvalue weighted by Gasteiger charge is 2.25. The van der Waals surface area contributed by atoms with Gasteiger partial charge < -0.3 is 0 Å². The van der Waals surface area contributed by atoms with Gasteiger partial charge in [-0.25, -0.2) is 8.78 Å². The third-order valence-corrected chi connectivity index (χ3v) is 2.99. The molecule has 0 amide bonds. The molecule has 0 aromatic heterocycles. The average molecular weight is 206 g/mol. The van der Waals surface area contributed by atoms with Gasteiger partial charge >= 0.3 is 0 Å². The van der Waals surface area contributed by atoms with E-state index in [1.807, 2.05) is 36.5 Å². The second-order valence-electron chi connectivity index (χ2n) is 5.13. The van der Waals surface area contributed by atoms with E-state index in [9.17, 15) is 8.78 Å². The Balaban J connectivity index is 3.68. The van der Waals surface area contributed by atoms with Crippen molar-refractivity contribution in [2.75, 3.05) is 0 Å². The quantitative estimate of drug-likeness (QED) is 0.432. The van der Waals surface area contributed by atoms with Crippen LogP contribution in [-0.2, 0) is 5.41 Å². The summed E-state index contributed by atoms with van der Waals surface area (Å²) < 4.78 is 27.4. The molecule has 0 aliphatic heterocycles. The molecule has 1 aromatic rings. The van der Waals surface area contributed by atoms with Gasteiger partial charge in [-0.3, -0.25) is 0 Å². The molecule has 0 fully saturated rings. The molecule has 0 bridgehead atoms. The first-order valence-electron chi connectivity index (χ1n) is 5.13. The van der Waals surface area contributed by atoms with E-state index in [0.29, 0.717) is 11.0 Å². The summed E-state index contributed by atoms with van der Waals surface area (Å²) in [6.07, 6.45) is 0. The second kappa shape index (κ2) is 3.69. The third-order valence-electron chi connectivity index (χ3n) is 2.99. The van der Waals surface area contributed by atoms with E-state index in [4.69, 9.17) is 0 Å². The van der Waals surface area contributed by atoms with Gasteiger partial charge in [-0.05, 0) is 11.0 Å². The molecule has 15 heavy (non-hydrogen) atoms. The monoisotopic (exact) mass is 206 g/mol. The zero-order chi connectivity index (χ0) is 12.0. The Hall–Kier alpha value is -0.725. The van der Waals surface area contributed by atoms with Crippen molar-refractivity contribution in [3.63, 3.8) is 0 Å². The lowest BCUT2D eigenvalue weighted by Crippen LogP contribution is -2.46. The lowest BCUT2D eigenvalue weighted by Gasteiger charge is -2.25. The minimum Gasteiger partial charge on any atom is -0.204 e. The Morgan fingerprint density at radius 3 is 1.67 bits per heavy atom. The smallest absolute Gasteiger partial charge is 0.161 e. The van der Waals surface area contributed by atoms with Gasteiger partial charge in [0.25, 0.3) is 0 Å². The first-order valence-corrected chi connectivity index (χ1v) is 5.13. The van der Waals surface area contributed by atoms with Crippen molar-refractivity contribution in [3.05, 3.63) is 17.2 Å². The van der Waals surface area contributed by atoms with Crippen molar-refractivity contribution in [1.82, 2.24) is 0 Å². The van der Waals surface area contributed by atoms with E-state index >= 15 is 0 Å². The topological polar surface area (TPSA) is 0 Å². The van der Waals surface area contributed by atoms with Crippen LogP contribution >= 0.6 is 0 Å². The minimum absolute atomic E-state index is 0.368. The lowest BCUT2D eigenvalue weighted by molar-refractivity contribution is 0.472. The normalized spacial score (nSPS) is 11.8. The van der Waals surface area contributed by atoms with Crippen molar-refractivity contribution in [2.24, 2.45) is 0 Å². The molecule has 0 N–H and O–H groups in total. The molecule has 0 heterocycles. The van der Waals surface area contributed by atoms with Crippen LogP contribution in [0.1, 0.15) is 26.3 Å². The molecular formula is C10H15B3F2.